The summed E-state index contributed by atoms with van der Waals surface area (Å²) in [5.74, 6) is -1.92. The topological polar surface area (TPSA) is 118 Å². The van der Waals surface area contributed by atoms with Crippen molar-refractivity contribution in [2.45, 2.75) is 40.2 Å². The minimum Gasteiger partial charge on any atom is -0.384 e. The number of anilines is 2. The Morgan fingerprint density at radius 2 is 2.03 bits per heavy atom. The third-order valence-electron chi connectivity index (χ3n) is 6.90. The first-order valence-corrected chi connectivity index (χ1v) is 12.2. The number of H-pyrrole nitrogens is 1. The van der Waals surface area contributed by atoms with Gasteiger partial charge in [-0.2, -0.15) is 0 Å². The number of aromatic amines is 1. The molecule has 2 aliphatic rings. The van der Waals surface area contributed by atoms with Crippen molar-refractivity contribution in [3.8, 4) is 0 Å². The molecule has 2 aliphatic heterocycles. The van der Waals surface area contributed by atoms with Crippen LogP contribution in [0.3, 0.4) is 0 Å². The maximum absolute atomic E-state index is 14.7. The van der Waals surface area contributed by atoms with Gasteiger partial charge in [0.1, 0.15) is 11.9 Å². The van der Waals surface area contributed by atoms with E-state index in [-0.39, 0.29) is 17.2 Å². The Kier molecular flexibility index (Phi) is 7.28. The van der Waals surface area contributed by atoms with Crippen LogP contribution in [0.2, 0.25) is 0 Å². The number of aliphatic hydroxyl groups is 1. The van der Waals surface area contributed by atoms with Gasteiger partial charge in [-0.1, -0.05) is 13.8 Å². The van der Waals surface area contributed by atoms with Crippen molar-refractivity contribution in [2.75, 3.05) is 43.4 Å². The molecule has 4 N–H and O–H groups in total. The van der Waals surface area contributed by atoms with Gasteiger partial charge in [-0.05, 0) is 50.7 Å². The Labute approximate surface area is 209 Å². The minimum atomic E-state index is -1.31. The summed E-state index contributed by atoms with van der Waals surface area (Å²) in [6, 6.07) is 2.50. The summed E-state index contributed by atoms with van der Waals surface area (Å²) in [4.78, 5) is 45.2. The van der Waals surface area contributed by atoms with Gasteiger partial charge < -0.3 is 30.5 Å². The van der Waals surface area contributed by atoms with Crippen molar-refractivity contribution in [1.29, 1.82) is 0 Å². The molecule has 1 aromatic carbocycles. The Bertz CT molecular complexity index is 1250. The minimum absolute atomic E-state index is 0.0254. The largest absolute Gasteiger partial charge is 0.384 e. The van der Waals surface area contributed by atoms with Crippen molar-refractivity contribution in [2.24, 2.45) is 0 Å². The smallest absolute Gasteiger partial charge is 0.256 e. The van der Waals surface area contributed by atoms with Crippen LogP contribution in [-0.2, 0) is 16.0 Å². The van der Waals surface area contributed by atoms with Gasteiger partial charge in [-0.3, -0.25) is 14.4 Å². The second-order valence-electron chi connectivity index (χ2n) is 9.14. The van der Waals surface area contributed by atoms with Gasteiger partial charge in [0.05, 0.1) is 22.5 Å². The van der Waals surface area contributed by atoms with E-state index in [9.17, 15) is 23.9 Å². The number of carbonyl (C=O) groups excluding carboxylic acids is 3. The van der Waals surface area contributed by atoms with E-state index in [1.165, 1.54) is 19.1 Å². The number of benzene rings is 1. The van der Waals surface area contributed by atoms with Gasteiger partial charge in [0.15, 0.2) is 0 Å². The third-order valence-corrected chi connectivity index (χ3v) is 6.90. The number of hydrogen-bond acceptors (Lipinski definition) is 5. The Hall–Kier alpha value is -3.50. The molecule has 0 bridgehead atoms. The lowest BCUT2D eigenvalue weighted by atomic mass is 10.0. The van der Waals surface area contributed by atoms with Gasteiger partial charge in [-0.15, -0.1) is 0 Å². The lowest BCUT2D eigenvalue weighted by Gasteiger charge is -2.29. The molecule has 192 valence electrons. The molecule has 0 spiro atoms. The van der Waals surface area contributed by atoms with Gasteiger partial charge in [0.2, 0.25) is 0 Å². The highest BCUT2D eigenvalue weighted by atomic mass is 19.1. The van der Waals surface area contributed by atoms with Crippen molar-refractivity contribution in [3.05, 3.63) is 46.0 Å². The van der Waals surface area contributed by atoms with Crippen LogP contribution in [0.25, 0.3) is 11.6 Å². The number of aromatic nitrogens is 1. The fourth-order valence-electron chi connectivity index (χ4n) is 4.65. The number of fused-ring (bicyclic) bond motifs is 2. The maximum atomic E-state index is 14.7. The quantitative estimate of drug-likeness (QED) is 0.418. The molecule has 3 heterocycles. The highest BCUT2D eigenvalue weighted by Gasteiger charge is 2.31. The summed E-state index contributed by atoms with van der Waals surface area (Å²) >= 11 is 0. The lowest BCUT2D eigenvalue weighted by Crippen LogP contribution is -2.42. The number of nitrogens with one attached hydrogen (secondary N) is 3. The molecule has 0 aliphatic carbocycles. The number of amides is 3. The third kappa shape index (κ3) is 4.78. The number of halogens is 1. The Morgan fingerprint density at radius 1 is 1.31 bits per heavy atom. The molecule has 0 saturated carbocycles. The molecule has 0 saturated heterocycles. The van der Waals surface area contributed by atoms with Gasteiger partial charge >= 0.3 is 0 Å². The number of nitrogens with zero attached hydrogens (tertiary/aromatic N) is 2. The molecular formula is C26H32FN5O4. The summed E-state index contributed by atoms with van der Waals surface area (Å²) in [6.45, 7) is 11.3. The highest BCUT2D eigenvalue weighted by molar-refractivity contribution is 6.35. The van der Waals surface area contributed by atoms with E-state index in [2.05, 4.69) is 34.4 Å². The van der Waals surface area contributed by atoms with Crippen LogP contribution >= 0.6 is 0 Å². The second kappa shape index (κ2) is 10.2. The van der Waals surface area contributed by atoms with Gasteiger partial charge in [-0.25, -0.2) is 4.39 Å². The lowest BCUT2D eigenvalue weighted by molar-refractivity contribution is -0.123. The maximum Gasteiger partial charge on any atom is 0.256 e. The zero-order valence-corrected chi connectivity index (χ0v) is 21.0. The van der Waals surface area contributed by atoms with Crippen LogP contribution < -0.4 is 10.6 Å². The number of likely N-dealkylation sites (N-methyl/N-ethyl adjacent to an activating group) is 1. The van der Waals surface area contributed by atoms with E-state index in [0.717, 1.165) is 30.9 Å². The number of carbonyl (C=O) groups is 3. The van der Waals surface area contributed by atoms with Crippen LogP contribution in [0.5, 0.6) is 0 Å². The fraction of sp³-hybridized carbons (Fsp3) is 0.423. The molecule has 1 aromatic heterocycles. The molecule has 2 aromatic rings. The predicted molar refractivity (Wildman–Crippen MR) is 136 cm³/mol. The molecule has 0 radical (unpaired) electrons. The zero-order chi connectivity index (χ0) is 26.1. The standard InChI is InChI=1S/C26H32FN5O4/c1-5-31(6-2)9-10-32-8-7-19-23(26(32)36)14(3)20(28-19)12-17-16-11-18(27)22(30-24(34)15(4)33)13-21(16)29-25(17)35/h11-13,15,28,33H,5-10H2,1-4H3,(H,29,35)(H,30,34)/b17-12-/t15-/m0/s1. The first-order chi connectivity index (χ1) is 17.1. The van der Waals surface area contributed by atoms with E-state index in [1.807, 2.05) is 11.8 Å². The molecule has 1 atom stereocenters. The SMILES string of the molecule is CCN(CC)CCN1CCc2[nH]c(/C=C3\C(=O)Nc4cc(NC(=O)[C@H](C)O)c(F)cc43)c(C)c2C1=O. The second-order valence-corrected chi connectivity index (χ2v) is 9.14. The van der Waals surface area contributed by atoms with Gasteiger partial charge in [0.25, 0.3) is 17.7 Å². The molecule has 4 rings (SSSR count). The van der Waals surface area contributed by atoms with Crippen LogP contribution in [-0.4, -0.2) is 76.4 Å². The normalized spacial score (nSPS) is 16.9. The van der Waals surface area contributed by atoms with Crippen LogP contribution in [0.1, 0.15) is 53.6 Å². The molecular weight excluding hydrogens is 465 g/mol. The molecule has 9 nitrogen and oxygen atoms in total. The fourth-order valence-corrected chi connectivity index (χ4v) is 4.65. The summed E-state index contributed by atoms with van der Waals surface area (Å²) in [5, 5.41) is 14.4. The average molecular weight is 498 g/mol. The molecule has 10 heteroatoms. The van der Waals surface area contributed by atoms with E-state index in [1.54, 1.807) is 6.08 Å². The van der Waals surface area contributed by atoms with Crippen molar-refractivity contribution >= 4 is 40.7 Å². The summed E-state index contributed by atoms with van der Waals surface area (Å²) in [5.41, 5.74) is 3.67. The van der Waals surface area contributed by atoms with E-state index >= 15 is 0 Å². The Balaban J connectivity index is 1.61. The summed E-state index contributed by atoms with van der Waals surface area (Å²) < 4.78 is 14.7. The first-order valence-electron chi connectivity index (χ1n) is 12.2. The number of hydrogen-bond donors (Lipinski definition) is 4. The predicted octanol–water partition coefficient (Wildman–Crippen LogP) is 2.61. The van der Waals surface area contributed by atoms with Crippen LogP contribution in [0, 0.1) is 12.7 Å². The van der Waals surface area contributed by atoms with E-state index in [4.69, 9.17) is 0 Å². The number of rotatable bonds is 8. The van der Waals surface area contributed by atoms with E-state index < -0.39 is 23.7 Å². The van der Waals surface area contributed by atoms with Gasteiger partial charge in [0, 0.05) is 43.0 Å². The molecule has 0 unspecified atom stereocenters. The molecule has 0 fully saturated rings. The molecule has 3 amide bonds. The van der Waals surface area contributed by atoms with Crippen molar-refractivity contribution in [3.63, 3.8) is 0 Å². The van der Waals surface area contributed by atoms with Crippen molar-refractivity contribution in [1.82, 2.24) is 14.8 Å². The average Bonchev–Trinajstić information content (AvgIpc) is 3.32. The van der Waals surface area contributed by atoms with Crippen LogP contribution in [0.15, 0.2) is 12.1 Å². The first kappa shape index (κ1) is 25.6. The monoisotopic (exact) mass is 497 g/mol. The Morgan fingerprint density at radius 3 is 2.69 bits per heavy atom. The summed E-state index contributed by atoms with van der Waals surface area (Å²) in [7, 11) is 0. The van der Waals surface area contributed by atoms with E-state index in [0.29, 0.717) is 42.0 Å². The summed E-state index contributed by atoms with van der Waals surface area (Å²) in [6.07, 6.45) is 1.02. The van der Waals surface area contributed by atoms with Crippen molar-refractivity contribution < 1.29 is 23.9 Å². The van der Waals surface area contributed by atoms with Crippen LogP contribution in [0.4, 0.5) is 15.8 Å². The highest BCUT2D eigenvalue weighted by Crippen LogP contribution is 2.37. The molecule has 36 heavy (non-hydrogen) atoms. The number of aliphatic hydroxyl groups excluding tert-OH is 1. The zero-order valence-electron chi connectivity index (χ0n) is 21.0.